The van der Waals surface area contributed by atoms with Crippen LogP contribution in [0.25, 0.3) is 0 Å². The SMILES string of the molecule is CN(CC(N)=O)C(=O)CCc1ccccc1. The molecule has 0 saturated carbocycles. The van der Waals surface area contributed by atoms with Crippen LogP contribution < -0.4 is 5.73 Å². The van der Waals surface area contributed by atoms with E-state index >= 15 is 0 Å². The third kappa shape index (κ3) is 4.13. The minimum Gasteiger partial charge on any atom is -0.368 e. The third-order valence-electron chi connectivity index (χ3n) is 2.29. The molecular weight excluding hydrogens is 204 g/mol. The summed E-state index contributed by atoms with van der Waals surface area (Å²) in [4.78, 5) is 23.5. The van der Waals surface area contributed by atoms with E-state index in [-0.39, 0.29) is 12.5 Å². The van der Waals surface area contributed by atoms with Crippen molar-refractivity contribution in [1.82, 2.24) is 4.90 Å². The predicted molar refractivity (Wildman–Crippen MR) is 61.6 cm³/mol. The number of carbonyl (C=O) groups excluding carboxylic acids is 2. The van der Waals surface area contributed by atoms with Crippen molar-refractivity contribution in [2.45, 2.75) is 12.8 Å². The van der Waals surface area contributed by atoms with Gasteiger partial charge in [0.15, 0.2) is 0 Å². The molecule has 0 atom stereocenters. The smallest absolute Gasteiger partial charge is 0.237 e. The second kappa shape index (κ2) is 5.90. The Hall–Kier alpha value is -1.84. The van der Waals surface area contributed by atoms with E-state index in [0.29, 0.717) is 12.8 Å². The molecule has 0 unspecified atom stereocenters. The average molecular weight is 220 g/mol. The topological polar surface area (TPSA) is 63.4 Å². The van der Waals surface area contributed by atoms with Gasteiger partial charge in [0.05, 0.1) is 6.54 Å². The average Bonchev–Trinajstić information content (AvgIpc) is 2.26. The lowest BCUT2D eigenvalue weighted by atomic mass is 10.1. The molecule has 0 aliphatic heterocycles. The summed E-state index contributed by atoms with van der Waals surface area (Å²) in [6.45, 7) is -0.0202. The zero-order valence-corrected chi connectivity index (χ0v) is 9.35. The van der Waals surface area contributed by atoms with Crippen molar-refractivity contribution in [3.8, 4) is 0 Å². The van der Waals surface area contributed by atoms with Gasteiger partial charge in [0.1, 0.15) is 0 Å². The summed E-state index contributed by atoms with van der Waals surface area (Å²) in [7, 11) is 1.58. The maximum Gasteiger partial charge on any atom is 0.237 e. The molecule has 1 aromatic carbocycles. The zero-order chi connectivity index (χ0) is 12.0. The molecular formula is C12H16N2O2. The lowest BCUT2D eigenvalue weighted by Gasteiger charge is -2.14. The first-order chi connectivity index (χ1) is 7.59. The standard InChI is InChI=1S/C12H16N2O2/c1-14(9-11(13)15)12(16)8-7-10-5-3-2-4-6-10/h2-6H,7-9H2,1H3,(H2,13,15). The second-order valence-electron chi connectivity index (χ2n) is 3.70. The maximum atomic E-state index is 11.6. The number of nitrogens with zero attached hydrogens (tertiary/aromatic N) is 1. The zero-order valence-electron chi connectivity index (χ0n) is 9.35. The lowest BCUT2D eigenvalue weighted by molar-refractivity contribution is -0.133. The summed E-state index contributed by atoms with van der Waals surface area (Å²) >= 11 is 0. The van der Waals surface area contributed by atoms with E-state index in [1.165, 1.54) is 4.90 Å². The van der Waals surface area contributed by atoms with E-state index in [1.807, 2.05) is 30.3 Å². The number of hydrogen-bond donors (Lipinski definition) is 1. The Morgan fingerprint density at radius 1 is 1.25 bits per heavy atom. The fourth-order valence-corrected chi connectivity index (χ4v) is 1.41. The lowest BCUT2D eigenvalue weighted by Crippen LogP contribution is -2.35. The summed E-state index contributed by atoms with van der Waals surface area (Å²) in [5.41, 5.74) is 6.12. The molecule has 0 spiro atoms. The first kappa shape index (κ1) is 12.2. The molecule has 2 N–H and O–H groups in total. The molecule has 0 aromatic heterocycles. The van der Waals surface area contributed by atoms with Gasteiger partial charge in [-0.2, -0.15) is 0 Å². The summed E-state index contributed by atoms with van der Waals surface area (Å²) < 4.78 is 0. The minimum absolute atomic E-state index is 0.0202. The third-order valence-corrected chi connectivity index (χ3v) is 2.29. The summed E-state index contributed by atoms with van der Waals surface area (Å²) in [6, 6.07) is 9.76. The van der Waals surface area contributed by atoms with Gasteiger partial charge in [0.25, 0.3) is 0 Å². The molecule has 0 heterocycles. The van der Waals surface area contributed by atoms with Gasteiger partial charge in [0, 0.05) is 13.5 Å². The Bertz CT molecular complexity index is 363. The van der Waals surface area contributed by atoms with Crippen LogP contribution in [-0.4, -0.2) is 30.3 Å². The highest BCUT2D eigenvalue weighted by atomic mass is 16.2. The van der Waals surface area contributed by atoms with E-state index < -0.39 is 5.91 Å². The van der Waals surface area contributed by atoms with Gasteiger partial charge >= 0.3 is 0 Å². The number of carbonyl (C=O) groups is 2. The van der Waals surface area contributed by atoms with Gasteiger partial charge in [-0.3, -0.25) is 9.59 Å². The predicted octanol–water partition coefficient (Wildman–Crippen LogP) is 0.563. The minimum atomic E-state index is -0.490. The number of benzene rings is 1. The number of amides is 2. The van der Waals surface area contributed by atoms with E-state index in [9.17, 15) is 9.59 Å². The highest BCUT2D eigenvalue weighted by Gasteiger charge is 2.10. The van der Waals surface area contributed by atoms with Gasteiger partial charge in [0.2, 0.25) is 11.8 Å². The van der Waals surface area contributed by atoms with Crippen molar-refractivity contribution < 1.29 is 9.59 Å². The Balaban J connectivity index is 2.38. The van der Waals surface area contributed by atoms with Crippen LogP contribution >= 0.6 is 0 Å². The number of rotatable bonds is 5. The van der Waals surface area contributed by atoms with E-state index in [1.54, 1.807) is 7.05 Å². The van der Waals surface area contributed by atoms with Crippen LogP contribution in [0.4, 0.5) is 0 Å². The normalized spacial score (nSPS) is 9.81. The number of likely N-dealkylation sites (N-methyl/N-ethyl adjacent to an activating group) is 1. The first-order valence-electron chi connectivity index (χ1n) is 5.16. The Labute approximate surface area is 95.0 Å². The molecule has 86 valence electrons. The molecule has 1 aromatic rings. The maximum absolute atomic E-state index is 11.6. The van der Waals surface area contributed by atoms with E-state index in [0.717, 1.165) is 5.56 Å². The summed E-state index contributed by atoms with van der Waals surface area (Å²) in [6.07, 6.45) is 1.08. The summed E-state index contributed by atoms with van der Waals surface area (Å²) in [5, 5.41) is 0. The Morgan fingerprint density at radius 3 is 2.44 bits per heavy atom. The van der Waals surface area contributed by atoms with Crippen molar-refractivity contribution in [2.75, 3.05) is 13.6 Å². The van der Waals surface area contributed by atoms with Crippen molar-refractivity contribution >= 4 is 11.8 Å². The van der Waals surface area contributed by atoms with Crippen molar-refractivity contribution in [1.29, 1.82) is 0 Å². The van der Waals surface area contributed by atoms with Gasteiger partial charge in [-0.25, -0.2) is 0 Å². The number of nitrogens with two attached hydrogens (primary N) is 1. The molecule has 0 bridgehead atoms. The largest absolute Gasteiger partial charge is 0.368 e. The van der Waals surface area contributed by atoms with Gasteiger partial charge in [-0.05, 0) is 12.0 Å². The molecule has 0 radical (unpaired) electrons. The Kier molecular flexibility index (Phi) is 4.51. The van der Waals surface area contributed by atoms with Crippen LogP contribution in [-0.2, 0) is 16.0 Å². The molecule has 4 heteroatoms. The highest BCUT2D eigenvalue weighted by molar-refractivity contribution is 5.83. The van der Waals surface area contributed by atoms with Crippen LogP contribution in [0, 0.1) is 0 Å². The molecule has 0 aliphatic carbocycles. The van der Waals surface area contributed by atoms with E-state index in [4.69, 9.17) is 5.73 Å². The van der Waals surface area contributed by atoms with Crippen molar-refractivity contribution in [3.05, 3.63) is 35.9 Å². The highest BCUT2D eigenvalue weighted by Crippen LogP contribution is 2.03. The number of primary amides is 1. The molecule has 0 fully saturated rings. The van der Waals surface area contributed by atoms with Crippen LogP contribution in [0.3, 0.4) is 0 Å². The van der Waals surface area contributed by atoms with Crippen LogP contribution in [0.5, 0.6) is 0 Å². The summed E-state index contributed by atoms with van der Waals surface area (Å²) in [5.74, 6) is -0.557. The van der Waals surface area contributed by atoms with Gasteiger partial charge in [-0.1, -0.05) is 30.3 Å². The van der Waals surface area contributed by atoms with Crippen LogP contribution in [0.1, 0.15) is 12.0 Å². The second-order valence-corrected chi connectivity index (χ2v) is 3.70. The van der Waals surface area contributed by atoms with Crippen molar-refractivity contribution in [2.24, 2.45) is 5.73 Å². The monoisotopic (exact) mass is 220 g/mol. The molecule has 16 heavy (non-hydrogen) atoms. The quantitative estimate of drug-likeness (QED) is 0.788. The van der Waals surface area contributed by atoms with Crippen molar-refractivity contribution in [3.63, 3.8) is 0 Å². The van der Waals surface area contributed by atoms with Crippen LogP contribution in [0.15, 0.2) is 30.3 Å². The number of aryl methyl sites for hydroxylation is 1. The Morgan fingerprint density at radius 2 is 1.88 bits per heavy atom. The van der Waals surface area contributed by atoms with Gasteiger partial charge < -0.3 is 10.6 Å². The van der Waals surface area contributed by atoms with E-state index in [2.05, 4.69) is 0 Å². The molecule has 2 amide bonds. The molecule has 0 aliphatic rings. The van der Waals surface area contributed by atoms with Gasteiger partial charge in [-0.15, -0.1) is 0 Å². The fraction of sp³-hybridized carbons (Fsp3) is 0.333. The first-order valence-corrected chi connectivity index (χ1v) is 5.16. The molecule has 4 nitrogen and oxygen atoms in total. The molecule has 1 rings (SSSR count). The number of hydrogen-bond acceptors (Lipinski definition) is 2. The van der Waals surface area contributed by atoms with Crippen LogP contribution in [0.2, 0.25) is 0 Å². The fourth-order valence-electron chi connectivity index (χ4n) is 1.41. The molecule has 0 saturated heterocycles.